The second-order valence-corrected chi connectivity index (χ2v) is 7.85. The highest BCUT2D eigenvalue weighted by Gasteiger charge is 2.20. The minimum atomic E-state index is 0.0635. The molecule has 1 aromatic rings. The van der Waals surface area contributed by atoms with E-state index in [9.17, 15) is 4.79 Å². The number of likely N-dealkylation sites (N-methyl/N-ethyl adjacent to an activating group) is 1. The SMILES string of the molecule is CCOc1cc(CNCC2CCCN2C)ccc1OCC(=O)N1CCCCC1. The zero-order valence-electron chi connectivity index (χ0n) is 17.4. The van der Waals surface area contributed by atoms with E-state index in [2.05, 4.69) is 23.3 Å². The Morgan fingerprint density at radius 3 is 2.64 bits per heavy atom. The molecule has 0 aromatic heterocycles. The highest BCUT2D eigenvalue weighted by Crippen LogP contribution is 2.29. The van der Waals surface area contributed by atoms with Crippen molar-refractivity contribution in [1.29, 1.82) is 0 Å². The molecule has 156 valence electrons. The number of carbonyl (C=O) groups excluding carboxylic acids is 1. The van der Waals surface area contributed by atoms with Crippen molar-refractivity contribution in [2.24, 2.45) is 0 Å². The summed E-state index contributed by atoms with van der Waals surface area (Å²) in [6, 6.07) is 6.63. The third-order valence-electron chi connectivity index (χ3n) is 5.75. The van der Waals surface area contributed by atoms with Crippen LogP contribution in [0.2, 0.25) is 0 Å². The van der Waals surface area contributed by atoms with E-state index in [1.807, 2.05) is 24.0 Å². The number of ether oxygens (including phenoxy) is 2. The molecule has 1 unspecified atom stereocenters. The van der Waals surface area contributed by atoms with Gasteiger partial charge in [-0.15, -0.1) is 0 Å². The zero-order valence-corrected chi connectivity index (χ0v) is 17.4. The van der Waals surface area contributed by atoms with Gasteiger partial charge >= 0.3 is 0 Å². The first kappa shape index (κ1) is 20.9. The third kappa shape index (κ3) is 5.85. The van der Waals surface area contributed by atoms with Gasteiger partial charge in [0.2, 0.25) is 0 Å². The van der Waals surface area contributed by atoms with Crippen molar-refractivity contribution in [3.8, 4) is 11.5 Å². The summed E-state index contributed by atoms with van der Waals surface area (Å²) in [5, 5.41) is 3.56. The maximum Gasteiger partial charge on any atom is 0.260 e. The molecule has 0 saturated carbocycles. The van der Waals surface area contributed by atoms with Gasteiger partial charge in [0.25, 0.3) is 5.91 Å². The molecule has 2 saturated heterocycles. The standard InChI is InChI=1S/C22H35N3O3/c1-3-27-21-14-18(15-23-16-19-8-7-11-24(19)2)9-10-20(21)28-17-22(26)25-12-5-4-6-13-25/h9-10,14,19,23H,3-8,11-13,15-17H2,1-2H3. The highest BCUT2D eigenvalue weighted by molar-refractivity contribution is 5.78. The summed E-state index contributed by atoms with van der Waals surface area (Å²) >= 11 is 0. The number of piperidine rings is 1. The third-order valence-corrected chi connectivity index (χ3v) is 5.75. The molecule has 2 aliphatic rings. The average molecular weight is 390 g/mol. The number of amides is 1. The summed E-state index contributed by atoms with van der Waals surface area (Å²) in [5.41, 5.74) is 1.17. The van der Waals surface area contributed by atoms with Gasteiger partial charge < -0.3 is 24.6 Å². The summed E-state index contributed by atoms with van der Waals surface area (Å²) in [6.45, 7) is 7.31. The van der Waals surface area contributed by atoms with Crippen molar-refractivity contribution >= 4 is 5.91 Å². The Balaban J connectivity index is 1.52. The number of likely N-dealkylation sites (tertiary alicyclic amines) is 2. The molecule has 0 aliphatic carbocycles. The van der Waals surface area contributed by atoms with Gasteiger partial charge in [-0.2, -0.15) is 0 Å². The molecule has 2 heterocycles. The van der Waals surface area contributed by atoms with E-state index in [0.29, 0.717) is 24.1 Å². The van der Waals surface area contributed by atoms with Gasteiger partial charge in [0.1, 0.15) is 0 Å². The van der Waals surface area contributed by atoms with Crippen LogP contribution >= 0.6 is 0 Å². The number of nitrogens with zero attached hydrogens (tertiary/aromatic N) is 2. The van der Waals surface area contributed by atoms with E-state index in [0.717, 1.165) is 39.0 Å². The predicted octanol–water partition coefficient (Wildman–Crippen LogP) is 2.66. The molecule has 1 amide bonds. The second-order valence-electron chi connectivity index (χ2n) is 7.85. The fourth-order valence-electron chi connectivity index (χ4n) is 4.04. The van der Waals surface area contributed by atoms with Gasteiger partial charge in [-0.1, -0.05) is 6.07 Å². The van der Waals surface area contributed by atoms with Crippen LogP contribution in [0.4, 0.5) is 0 Å². The maximum atomic E-state index is 12.3. The molecule has 1 aromatic carbocycles. The normalized spacial score (nSPS) is 20.4. The number of hydrogen-bond acceptors (Lipinski definition) is 5. The summed E-state index contributed by atoms with van der Waals surface area (Å²) in [7, 11) is 2.20. The van der Waals surface area contributed by atoms with Crippen LogP contribution in [0, 0.1) is 0 Å². The molecule has 3 rings (SSSR count). The Hall–Kier alpha value is -1.79. The first-order chi connectivity index (χ1) is 13.7. The van der Waals surface area contributed by atoms with Crippen LogP contribution in [0.3, 0.4) is 0 Å². The van der Waals surface area contributed by atoms with Gasteiger partial charge in [-0.05, 0) is 70.3 Å². The monoisotopic (exact) mass is 389 g/mol. The van der Waals surface area contributed by atoms with Crippen LogP contribution in [-0.4, -0.2) is 68.2 Å². The molecule has 0 bridgehead atoms. The van der Waals surface area contributed by atoms with Crippen molar-refractivity contribution < 1.29 is 14.3 Å². The summed E-state index contributed by atoms with van der Waals surface area (Å²) in [6.07, 6.45) is 5.96. The Kier molecular flexibility index (Phi) is 7.98. The van der Waals surface area contributed by atoms with Gasteiger partial charge in [-0.3, -0.25) is 4.79 Å². The molecular weight excluding hydrogens is 354 g/mol. The lowest BCUT2D eigenvalue weighted by atomic mass is 10.1. The van der Waals surface area contributed by atoms with Gasteiger partial charge in [0.05, 0.1) is 6.61 Å². The molecule has 0 radical (unpaired) electrons. The average Bonchev–Trinajstić information content (AvgIpc) is 3.13. The largest absolute Gasteiger partial charge is 0.490 e. The maximum absolute atomic E-state index is 12.3. The summed E-state index contributed by atoms with van der Waals surface area (Å²) in [4.78, 5) is 16.7. The van der Waals surface area contributed by atoms with Crippen molar-refractivity contribution in [2.75, 3.05) is 46.4 Å². The second kappa shape index (κ2) is 10.7. The van der Waals surface area contributed by atoms with Crippen LogP contribution in [-0.2, 0) is 11.3 Å². The number of benzene rings is 1. The number of carbonyl (C=O) groups is 1. The lowest BCUT2D eigenvalue weighted by Crippen LogP contribution is -2.38. The molecule has 2 fully saturated rings. The molecule has 6 heteroatoms. The Labute approximate surface area is 169 Å². The smallest absolute Gasteiger partial charge is 0.260 e. The zero-order chi connectivity index (χ0) is 19.8. The molecule has 0 spiro atoms. The quantitative estimate of drug-likeness (QED) is 0.704. The number of nitrogens with one attached hydrogen (secondary N) is 1. The lowest BCUT2D eigenvalue weighted by molar-refractivity contribution is -0.134. The Bertz CT molecular complexity index is 631. The molecule has 1 atom stereocenters. The van der Waals surface area contributed by atoms with Crippen molar-refractivity contribution in [1.82, 2.24) is 15.1 Å². The van der Waals surface area contributed by atoms with Crippen LogP contribution < -0.4 is 14.8 Å². The number of rotatable bonds is 9. The molecule has 1 N–H and O–H groups in total. The summed E-state index contributed by atoms with van der Waals surface area (Å²) in [5.74, 6) is 1.42. The topological polar surface area (TPSA) is 54.0 Å². The van der Waals surface area contributed by atoms with E-state index >= 15 is 0 Å². The van der Waals surface area contributed by atoms with Crippen molar-refractivity contribution in [3.05, 3.63) is 23.8 Å². The van der Waals surface area contributed by atoms with E-state index < -0.39 is 0 Å². The lowest BCUT2D eigenvalue weighted by Gasteiger charge is -2.26. The van der Waals surface area contributed by atoms with Crippen molar-refractivity contribution in [2.45, 2.75) is 51.6 Å². The van der Waals surface area contributed by atoms with E-state index in [4.69, 9.17) is 9.47 Å². The predicted molar refractivity (Wildman–Crippen MR) is 111 cm³/mol. The van der Waals surface area contributed by atoms with Gasteiger partial charge in [0.15, 0.2) is 18.1 Å². The fraction of sp³-hybridized carbons (Fsp3) is 0.682. The minimum absolute atomic E-state index is 0.0635. The Morgan fingerprint density at radius 1 is 1.11 bits per heavy atom. The summed E-state index contributed by atoms with van der Waals surface area (Å²) < 4.78 is 11.6. The molecule has 6 nitrogen and oxygen atoms in total. The van der Waals surface area contributed by atoms with E-state index in [1.165, 1.54) is 31.4 Å². The van der Waals surface area contributed by atoms with Gasteiger partial charge in [-0.25, -0.2) is 0 Å². The number of hydrogen-bond donors (Lipinski definition) is 1. The minimum Gasteiger partial charge on any atom is -0.490 e. The van der Waals surface area contributed by atoms with Crippen LogP contribution in [0.15, 0.2) is 18.2 Å². The first-order valence-electron chi connectivity index (χ1n) is 10.7. The fourth-order valence-corrected chi connectivity index (χ4v) is 4.04. The molecule has 28 heavy (non-hydrogen) atoms. The Morgan fingerprint density at radius 2 is 1.93 bits per heavy atom. The van der Waals surface area contributed by atoms with Crippen LogP contribution in [0.1, 0.15) is 44.6 Å². The van der Waals surface area contributed by atoms with Crippen molar-refractivity contribution in [3.63, 3.8) is 0 Å². The molecular formula is C22H35N3O3. The highest BCUT2D eigenvalue weighted by atomic mass is 16.5. The van der Waals surface area contributed by atoms with E-state index in [1.54, 1.807) is 0 Å². The molecule has 2 aliphatic heterocycles. The first-order valence-corrected chi connectivity index (χ1v) is 10.7. The van der Waals surface area contributed by atoms with Crippen LogP contribution in [0.5, 0.6) is 11.5 Å². The van der Waals surface area contributed by atoms with Crippen LogP contribution in [0.25, 0.3) is 0 Å². The van der Waals surface area contributed by atoms with E-state index in [-0.39, 0.29) is 12.5 Å². The van der Waals surface area contributed by atoms with Gasteiger partial charge in [0, 0.05) is 32.2 Å².